The van der Waals surface area contributed by atoms with Gasteiger partial charge in [0, 0.05) is 38.4 Å². The predicted octanol–water partition coefficient (Wildman–Crippen LogP) is 1.93. The van der Waals surface area contributed by atoms with E-state index in [9.17, 15) is 9.18 Å². The molecule has 0 atom stereocenters. The van der Waals surface area contributed by atoms with Gasteiger partial charge < -0.3 is 9.80 Å². The van der Waals surface area contributed by atoms with E-state index in [1.165, 1.54) is 12.1 Å². The largest absolute Gasteiger partial charge is 0.351 e. The van der Waals surface area contributed by atoms with Gasteiger partial charge in [0.05, 0.1) is 6.04 Å². The van der Waals surface area contributed by atoms with Crippen LogP contribution in [0.3, 0.4) is 0 Å². The van der Waals surface area contributed by atoms with Crippen LogP contribution in [0.25, 0.3) is 17.0 Å². The number of carbonyl (C=O) groups excluding carboxylic acids is 1. The summed E-state index contributed by atoms with van der Waals surface area (Å²) >= 11 is 0. The molecule has 31 heavy (non-hydrogen) atoms. The van der Waals surface area contributed by atoms with Gasteiger partial charge in [-0.15, -0.1) is 15.3 Å². The van der Waals surface area contributed by atoms with Gasteiger partial charge in [0.25, 0.3) is 5.91 Å². The lowest BCUT2D eigenvalue weighted by molar-refractivity contribution is 0.0698. The monoisotopic (exact) mass is 420 g/mol. The van der Waals surface area contributed by atoms with Crippen LogP contribution in [0.5, 0.6) is 0 Å². The molecule has 0 spiro atoms. The molecule has 1 saturated heterocycles. The second-order valence-corrected chi connectivity index (χ2v) is 7.76. The molecule has 3 aromatic heterocycles. The number of likely N-dealkylation sites (N-methyl/N-ethyl adjacent to an activating group) is 1. The fourth-order valence-corrected chi connectivity index (χ4v) is 3.65. The second kappa shape index (κ2) is 7.15. The van der Waals surface area contributed by atoms with Crippen molar-refractivity contribution >= 4 is 17.4 Å². The molecule has 1 amide bonds. The average Bonchev–Trinajstić information content (AvgIpc) is 3.29. The van der Waals surface area contributed by atoms with Crippen LogP contribution < -0.4 is 4.90 Å². The van der Waals surface area contributed by atoms with Gasteiger partial charge in [-0.05, 0) is 37.3 Å². The highest BCUT2D eigenvalue weighted by atomic mass is 19.1. The number of amides is 1. The van der Waals surface area contributed by atoms with E-state index < -0.39 is 0 Å². The fraction of sp³-hybridized carbons (Fsp3) is 0.286. The Kier molecular flexibility index (Phi) is 4.42. The highest BCUT2D eigenvalue weighted by Crippen LogP contribution is 2.24. The maximum atomic E-state index is 13.6. The molecule has 0 bridgehead atoms. The summed E-state index contributed by atoms with van der Waals surface area (Å²) in [6.45, 7) is 3.23. The van der Waals surface area contributed by atoms with Gasteiger partial charge >= 0.3 is 0 Å². The molecule has 5 rings (SSSR count). The lowest BCUT2D eigenvalue weighted by Crippen LogP contribution is -2.60. The average molecular weight is 420 g/mol. The summed E-state index contributed by atoms with van der Waals surface area (Å²) in [6, 6.07) is 11.8. The normalized spacial score (nSPS) is 14.1. The Bertz CT molecular complexity index is 1270. The molecular weight excluding hydrogens is 399 g/mol. The molecule has 1 aliphatic rings. The highest BCUT2D eigenvalue weighted by molar-refractivity contribution is 5.92. The maximum Gasteiger partial charge on any atom is 0.274 e. The van der Waals surface area contributed by atoms with Crippen molar-refractivity contribution in [2.24, 2.45) is 7.05 Å². The SMILES string of the molecule is Cc1cc(C(=O)N(C)C2CN(c3ccc4nnc(-c5cccc(F)c5)n4n3)C2)nn1C. The Morgan fingerprint density at radius 3 is 2.65 bits per heavy atom. The lowest BCUT2D eigenvalue weighted by Gasteiger charge is -2.44. The van der Waals surface area contributed by atoms with Crippen LogP contribution in [0.2, 0.25) is 0 Å². The van der Waals surface area contributed by atoms with Crippen molar-refractivity contribution in [1.29, 1.82) is 0 Å². The topological polar surface area (TPSA) is 84.5 Å². The molecule has 158 valence electrons. The van der Waals surface area contributed by atoms with E-state index in [1.54, 1.807) is 39.3 Å². The zero-order chi connectivity index (χ0) is 21.7. The van der Waals surface area contributed by atoms with E-state index in [1.807, 2.05) is 26.1 Å². The summed E-state index contributed by atoms with van der Waals surface area (Å²) in [5.74, 6) is 0.790. The Morgan fingerprint density at radius 2 is 1.94 bits per heavy atom. The Morgan fingerprint density at radius 1 is 1.13 bits per heavy atom. The lowest BCUT2D eigenvalue weighted by atomic mass is 10.1. The summed E-state index contributed by atoms with van der Waals surface area (Å²) in [5.41, 5.74) is 2.57. The van der Waals surface area contributed by atoms with Crippen LogP contribution >= 0.6 is 0 Å². The van der Waals surface area contributed by atoms with Gasteiger partial charge in [0.1, 0.15) is 11.6 Å². The molecule has 1 aromatic carbocycles. The summed E-state index contributed by atoms with van der Waals surface area (Å²) in [4.78, 5) is 16.5. The van der Waals surface area contributed by atoms with E-state index in [0.717, 1.165) is 11.5 Å². The van der Waals surface area contributed by atoms with Crippen LogP contribution in [0.1, 0.15) is 16.2 Å². The number of nitrogens with zero attached hydrogens (tertiary/aromatic N) is 8. The molecule has 4 heterocycles. The first-order valence-corrected chi connectivity index (χ1v) is 9.92. The van der Waals surface area contributed by atoms with Gasteiger partial charge in [-0.2, -0.15) is 9.61 Å². The standard InChI is InChI=1S/C21H21FN8O/c1-13-9-17(25-28(13)3)21(31)27(2)16-11-29(12-16)19-8-7-18-23-24-20(30(18)26-19)14-5-4-6-15(22)10-14/h4-10,16H,11-12H2,1-3H3. The molecule has 0 N–H and O–H groups in total. The Labute approximate surface area is 177 Å². The number of rotatable bonds is 4. The molecule has 9 nitrogen and oxygen atoms in total. The van der Waals surface area contributed by atoms with Crippen LogP contribution in [-0.2, 0) is 7.05 Å². The number of carbonyl (C=O) groups is 1. The van der Waals surface area contributed by atoms with Crippen molar-refractivity contribution in [1.82, 2.24) is 34.5 Å². The number of aryl methyl sites for hydroxylation is 2. The second-order valence-electron chi connectivity index (χ2n) is 7.76. The van der Waals surface area contributed by atoms with Crippen LogP contribution in [0.4, 0.5) is 10.2 Å². The number of halogens is 1. The number of benzene rings is 1. The fourth-order valence-electron chi connectivity index (χ4n) is 3.65. The van der Waals surface area contributed by atoms with Crippen molar-refractivity contribution in [2.45, 2.75) is 13.0 Å². The van der Waals surface area contributed by atoms with Crippen molar-refractivity contribution in [3.8, 4) is 11.4 Å². The van der Waals surface area contributed by atoms with E-state index in [4.69, 9.17) is 0 Å². The van der Waals surface area contributed by atoms with Crippen molar-refractivity contribution in [3.05, 3.63) is 59.7 Å². The van der Waals surface area contributed by atoms with Gasteiger partial charge in [0.2, 0.25) is 0 Å². The minimum absolute atomic E-state index is 0.0657. The summed E-state index contributed by atoms with van der Waals surface area (Å²) in [7, 11) is 3.62. The van der Waals surface area contributed by atoms with Gasteiger partial charge in [-0.3, -0.25) is 9.48 Å². The first kappa shape index (κ1) is 19.2. The van der Waals surface area contributed by atoms with E-state index in [-0.39, 0.29) is 17.8 Å². The zero-order valence-electron chi connectivity index (χ0n) is 17.4. The molecule has 1 fully saturated rings. The number of aromatic nitrogens is 6. The van der Waals surface area contributed by atoms with E-state index >= 15 is 0 Å². The third-order valence-corrected chi connectivity index (χ3v) is 5.72. The smallest absolute Gasteiger partial charge is 0.274 e. The number of hydrogen-bond donors (Lipinski definition) is 0. The Hall–Kier alpha value is -3.82. The summed E-state index contributed by atoms with van der Waals surface area (Å²) in [5, 5.41) is 17.2. The van der Waals surface area contributed by atoms with Gasteiger partial charge in [-0.25, -0.2) is 4.39 Å². The van der Waals surface area contributed by atoms with Gasteiger partial charge in [0.15, 0.2) is 17.2 Å². The molecule has 1 aliphatic heterocycles. The van der Waals surface area contributed by atoms with Crippen LogP contribution in [0.15, 0.2) is 42.5 Å². The predicted molar refractivity (Wildman–Crippen MR) is 112 cm³/mol. The summed E-state index contributed by atoms with van der Waals surface area (Å²) in [6.07, 6.45) is 0. The third-order valence-electron chi connectivity index (χ3n) is 5.72. The maximum absolute atomic E-state index is 13.6. The molecule has 0 saturated carbocycles. The van der Waals surface area contributed by atoms with Crippen LogP contribution in [0, 0.1) is 12.7 Å². The minimum Gasteiger partial charge on any atom is -0.351 e. The number of anilines is 1. The van der Waals surface area contributed by atoms with E-state index in [2.05, 4.69) is 25.3 Å². The van der Waals surface area contributed by atoms with Crippen LogP contribution in [-0.4, -0.2) is 66.6 Å². The van der Waals surface area contributed by atoms with Crippen molar-refractivity contribution in [2.75, 3.05) is 25.0 Å². The molecule has 0 radical (unpaired) electrons. The minimum atomic E-state index is -0.341. The van der Waals surface area contributed by atoms with E-state index in [0.29, 0.717) is 35.8 Å². The molecule has 0 unspecified atom stereocenters. The number of fused-ring (bicyclic) bond motifs is 1. The van der Waals surface area contributed by atoms with Crippen molar-refractivity contribution in [3.63, 3.8) is 0 Å². The molecule has 0 aliphatic carbocycles. The van der Waals surface area contributed by atoms with Crippen molar-refractivity contribution < 1.29 is 9.18 Å². The third kappa shape index (κ3) is 3.29. The number of hydrogen-bond acceptors (Lipinski definition) is 6. The molecule has 4 aromatic rings. The molecule has 10 heteroatoms. The molecular formula is C21H21FN8O. The quantitative estimate of drug-likeness (QED) is 0.502. The summed E-state index contributed by atoms with van der Waals surface area (Å²) < 4.78 is 16.9. The Balaban J connectivity index is 1.33. The highest BCUT2D eigenvalue weighted by Gasteiger charge is 2.34. The first-order valence-electron chi connectivity index (χ1n) is 9.92. The van der Waals surface area contributed by atoms with Gasteiger partial charge in [-0.1, -0.05) is 12.1 Å². The first-order chi connectivity index (χ1) is 14.9. The zero-order valence-corrected chi connectivity index (χ0v) is 17.4.